The minimum absolute atomic E-state index is 0.109. The molecule has 1 aromatic heterocycles. The van der Waals surface area contributed by atoms with Crippen LogP contribution in [0.25, 0.3) is 0 Å². The second-order valence-corrected chi connectivity index (χ2v) is 6.65. The van der Waals surface area contributed by atoms with Gasteiger partial charge in [-0.25, -0.2) is 17.5 Å². The number of anilines is 1. The predicted molar refractivity (Wildman–Crippen MR) is 71.7 cm³/mol. The van der Waals surface area contributed by atoms with Crippen molar-refractivity contribution < 1.29 is 12.8 Å². The van der Waals surface area contributed by atoms with E-state index in [1.807, 2.05) is 0 Å². The summed E-state index contributed by atoms with van der Waals surface area (Å²) in [6.45, 7) is 1.61. The van der Waals surface area contributed by atoms with E-state index >= 15 is 0 Å². The van der Waals surface area contributed by atoms with Crippen LogP contribution in [-0.2, 0) is 16.6 Å². The summed E-state index contributed by atoms with van der Waals surface area (Å²) in [4.78, 5) is 4.42. The Balaban J connectivity index is 2.24. The summed E-state index contributed by atoms with van der Waals surface area (Å²) in [6, 6.07) is 2.20. The quantitative estimate of drug-likeness (QED) is 0.841. The summed E-state index contributed by atoms with van der Waals surface area (Å²) >= 11 is 1.33. The molecule has 0 atom stereocenters. The molecule has 5 nitrogen and oxygen atoms in total. The molecule has 0 radical (unpaired) electrons. The first-order valence-corrected chi connectivity index (χ1v) is 7.69. The number of sulfonamides is 1. The third-order valence-corrected chi connectivity index (χ3v) is 4.75. The molecule has 102 valence electrons. The van der Waals surface area contributed by atoms with Crippen LogP contribution in [0.15, 0.2) is 28.7 Å². The molecule has 0 aliphatic heterocycles. The normalized spacial score (nSPS) is 11.7. The minimum atomic E-state index is -3.79. The van der Waals surface area contributed by atoms with Crippen molar-refractivity contribution in [2.75, 3.05) is 5.73 Å². The van der Waals surface area contributed by atoms with Crippen molar-refractivity contribution in [3.8, 4) is 0 Å². The number of nitrogen functional groups attached to an aromatic ring is 1. The number of aromatic nitrogens is 1. The Bertz CT molecular complexity index is 661. The molecule has 8 heteroatoms. The molecule has 0 aliphatic carbocycles. The standard InChI is InChI=1S/C11H12FN3O2S2/c1-7-10(12)2-9(3-11(7)13)19(16,17)15-5-8-4-14-6-18-8/h2-4,6,15H,5,13H2,1H3. The van der Waals surface area contributed by atoms with Gasteiger partial charge in [0, 0.05) is 28.9 Å². The molecule has 0 spiro atoms. The second kappa shape index (κ2) is 5.24. The van der Waals surface area contributed by atoms with Gasteiger partial charge in [-0.15, -0.1) is 11.3 Å². The van der Waals surface area contributed by atoms with Crippen molar-refractivity contribution in [2.24, 2.45) is 0 Å². The maximum Gasteiger partial charge on any atom is 0.241 e. The van der Waals surface area contributed by atoms with E-state index in [2.05, 4.69) is 9.71 Å². The SMILES string of the molecule is Cc1c(N)cc(S(=O)(=O)NCc2cncs2)cc1F. The van der Waals surface area contributed by atoms with E-state index in [0.29, 0.717) is 0 Å². The molecule has 0 saturated carbocycles. The first-order valence-electron chi connectivity index (χ1n) is 5.33. The number of nitrogens with zero attached hydrogens (tertiary/aromatic N) is 1. The number of nitrogens with two attached hydrogens (primary N) is 1. The molecule has 2 aromatic rings. The van der Waals surface area contributed by atoms with Gasteiger partial charge in [-0.1, -0.05) is 0 Å². The minimum Gasteiger partial charge on any atom is -0.398 e. The Morgan fingerprint density at radius 2 is 2.21 bits per heavy atom. The van der Waals surface area contributed by atoms with Gasteiger partial charge in [0.2, 0.25) is 10.0 Å². The second-order valence-electron chi connectivity index (χ2n) is 3.91. The number of thiazole rings is 1. The van der Waals surface area contributed by atoms with Crippen molar-refractivity contribution >= 4 is 27.0 Å². The third-order valence-electron chi connectivity index (χ3n) is 2.59. The van der Waals surface area contributed by atoms with E-state index in [0.717, 1.165) is 10.9 Å². The van der Waals surface area contributed by atoms with Crippen molar-refractivity contribution in [2.45, 2.75) is 18.4 Å². The summed E-state index contributed by atoms with van der Waals surface area (Å²) in [5.41, 5.74) is 7.52. The number of nitrogens with one attached hydrogen (secondary N) is 1. The van der Waals surface area contributed by atoms with Crippen LogP contribution in [0.1, 0.15) is 10.4 Å². The van der Waals surface area contributed by atoms with Crippen LogP contribution in [-0.4, -0.2) is 13.4 Å². The molecule has 0 bridgehead atoms. The lowest BCUT2D eigenvalue weighted by Gasteiger charge is -2.08. The van der Waals surface area contributed by atoms with Crippen LogP contribution in [0, 0.1) is 12.7 Å². The largest absolute Gasteiger partial charge is 0.398 e. The van der Waals surface area contributed by atoms with Crippen LogP contribution in [0.3, 0.4) is 0 Å². The molecule has 3 N–H and O–H groups in total. The number of rotatable bonds is 4. The van der Waals surface area contributed by atoms with Crippen LogP contribution in [0.2, 0.25) is 0 Å². The Kier molecular flexibility index (Phi) is 3.83. The lowest BCUT2D eigenvalue weighted by Crippen LogP contribution is -2.23. The average Bonchev–Trinajstić information content (AvgIpc) is 2.86. The zero-order chi connectivity index (χ0) is 14.0. The lowest BCUT2D eigenvalue weighted by molar-refractivity contribution is 0.577. The van der Waals surface area contributed by atoms with Crippen molar-refractivity contribution in [1.82, 2.24) is 9.71 Å². The highest BCUT2D eigenvalue weighted by atomic mass is 32.2. The number of hydrogen-bond donors (Lipinski definition) is 2. The van der Waals surface area contributed by atoms with Crippen LogP contribution in [0.5, 0.6) is 0 Å². The molecule has 0 unspecified atom stereocenters. The molecule has 0 amide bonds. The van der Waals surface area contributed by atoms with E-state index in [4.69, 9.17) is 5.73 Å². The van der Waals surface area contributed by atoms with E-state index in [9.17, 15) is 12.8 Å². The van der Waals surface area contributed by atoms with Gasteiger partial charge in [0.1, 0.15) is 5.82 Å². The van der Waals surface area contributed by atoms with Gasteiger partial charge < -0.3 is 5.73 Å². The van der Waals surface area contributed by atoms with Gasteiger partial charge >= 0.3 is 0 Å². The monoisotopic (exact) mass is 301 g/mol. The van der Waals surface area contributed by atoms with Crippen molar-refractivity contribution in [3.05, 3.63) is 40.1 Å². The van der Waals surface area contributed by atoms with Gasteiger partial charge in [-0.3, -0.25) is 4.98 Å². The smallest absolute Gasteiger partial charge is 0.241 e. The molecule has 19 heavy (non-hydrogen) atoms. The Labute approximate surface area is 114 Å². The van der Waals surface area contributed by atoms with Gasteiger partial charge in [0.15, 0.2) is 0 Å². The van der Waals surface area contributed by atoms with Crippen LogP contribution in [0.4, 0.5) is 10.1 Å². The topological polar surface area (TPSA) is 85.1 Å². The first kappa shape index (κ1) is 13.9. The Hall–Kier alpha value is -1.51. The number of halogens is 1. The summed E-state index contributed by atoms with van der Waals surface area (Å²) in [5.74, 6) is -0.641. The fourth-order valence-electron chi connectivity index (χ4n) is 1.41. The summed E-state index contributed by atoms with van der Waals surface area (Å²) in [7, 11) is -3.79. The van der Waals surface area contributed by atoms with E-state index in [-0.39, 0.29) is 22.7 Å². The highest BCUT2D eigenvalue weighted by Gasteiger charge is 2.17. The average molecular weight is 301 g/mol. The van der Waals surface area contributed by atoms with Gasteiger partial charge in [-0.2, -0.15) is 0 Å². The van der Waals surface area contributed by atoms with Gasteiger partial charge in [0.25, 0.3) is 0 Å². The fraction of sp³-hybridized carbons (Fsp3) is 0.182. The van der Waals surface area contributed by atoms with Crippen molar-refractivity contribution in [3.63, 3.8) is 0 Å². The maximum absolute atomic E-state index is 13.5. The molecule has 1 aromatic carbocycles. The zero-order valence-corrected chi connectivity index (χ0v) is 11.7. The third kappa shape index (κ3) is 3.09. The molecule has 1 heterocycles. The lowest BCUT2D eigenvalue weighted by atomic mass is 10.2. The summed E-state index contributed by atoms with van der Waals surface area (Å²) in [5, 5.41) is 0. The zero-order valence-electron chi connectivity index (χ0n) is 10.1. The fourth-order valence-corrected chi connectivity index (χ4v) is 3.09. The van der Waals surface area contributed by atoms with Gasteiger partial charge in [-0.05, 0) is 19.1 Å². The number of hydrogen-bond acceptors (Lipinski definition) is 5. The highest BCUT2D eigenvalue weighted by Crippen LogP contribution is 2.21. The first-order chi connectivity index (χ1) is 8.90. The molecule has 2 rings (SSSR count). The summed E-state index contributed by atoms with van der Waals surface area (Å²) in [6.07, 6.45) is 1.57. The molecule has 0 aliphatic rings. The summed E-state index contributed by atoms with van der Waals surface area (Å²) < 4.78 is 39.9. The number of benzene rings is 1. The van der Waals surface area contributed by atoms with Gasteiger partial charge in [0.05, 0.1) is 10.4 Å². The molecule has 0 saturated heterocycles. The van der Waals surface area contributed by atoms with Crippen LogP contribution >= 0.6 is 11.3 Å². The highest BCUT2D eigenvalue weighted by molar-refractivity contribution is 7.89. The van der Waals surface area contributed by atoms with E-state index < -0.39 is 15.8 Å². The molecular formula is C11H12FN3O2S2. The van der Waals surface area contributed by atoms with Crippen LogP contribution < -0.4 is 10.5 Å². The molecular weight excluding hydrogens is 289 g/mol. The molecule has 0 fully saturated rings. The Morgan fingerprint density at radius 1 is 1.47 bits per heavy atom. The van der Waals surface area contributed by atoms with E-state index in [1.54, 1.807) is 11.7 Å². The maximum atomic E-state index is 13.5. The van der Waals surface area contributed by atoms with E-state index in [1.165, 1.54) is 24.3 Å². The Morgan fingerprint density at radius 3 is 2.79 bits per heavy atom. The predicted octanol–water partition coefficient (Wildman–Crippen LogP) is 1.65. The van der Waals surface area contributed by atoms with Crippen molar-refractivity contribution in [1.29, 1.82) is 0 Å².